The molecule has 1 atom stereocenters. The molecule has 0 saturated carbocycles. The van der Waals surface area contributed by atoms with Gasteiger partial charge in [0.2, 0.25) is 0 Å². The molecule has 4 nitrogen and oxygen atoms in total. The van der Waals surface area contributed by atoms with Crippen LogP contribution < -0.4 is 0 Å². The van der Waals surface area contributed by atoms with E-state index in [0.717, 1.165) is 22.9 Å². The predicted molar refractivity (Wildman–Crippen MR) is 86.5 cm³/mol. The number of aryl methyl sites for hydroxylation is 1. The van der Waals surface area contributed by atoms with Crippen molar-refractivity contribution in [2.24, 2.45) is 0 Å². The lowest BCUT2D eigenvalue weighted by Crippen LogP contribution is -2.29. The van der Waals surface area contributed by atoms with Crippen LogP contribution in [0.25, 0.3) is 11.1 Å². The van der Waals surface area contributed by atoms with Crippen molar-refractivity contribution in [1.82, 2.24) is 0 Å². The van der Waals surface area contributed by atoms with Gasteiger partial charge in [-0.3, -0.25) is 4.79 Å². The maximum Gasteiger partial charge on any atom is 0.321 e. The van der Waals surface area contributed by atoms with Crippen LogP contribution in [0.15, 0.2) is 54.6 Å². The van der Waals surface area contributed by atoms with Crippen molar-refractivity contribution < 1.29 is 18.3 Å². The van der Waals surface area contributed by atoms with E-state index in [2.05, 4.69) is 0 Å². The summed E-state index contributed by atoms with van der Waals surface area (Å²) >= 11 is 0. The molecule has 2 aromatic carbocycles. The number of hydrogen-bond donors (Lipinski definition) is 1. The van der Waals surface area contributed by atoms with Crippen molar-refractivity contribution in [3.63, 3.8) is 0 Å². The van der Waals surface area contributed by atoms with Gasteiger partial charge in [-0.15, -0.1) is 0 Å². The van der Waals surface area contributed by atoms with Gasteiger partial charge in [0.15, 0.2) is 15.1 Å². The molecule has 0 heterocycles. The second-order valence-corrected chi connectivity index (χ2v) is 7.49. The zero-order valence-corrected chi connectivity index (χ0v) is 13.1. The van der Waals surface area contributed by atoms with Crippen molar-refractivity contribution >= 4 is 15.8 Å². The molecule has 2 aromatic rings. The molecular formula is C17H18O4S. The number of carbonyl (C=O) groups is 1. The van der Waals surface area contributed by atoms with Crippen molar-refractivity contribution in [1.29, 1.82) is 0 Å². The smallest absolute Gasteiger partial charge is 0.321 e. The standard InChI is InChI=1S/C17H18O4S/c1-22(20,21)16(17(18)19)12-9-13-7-10-15(11-8-13)14-5-3-2-4-6-14/h2-8,10-11,16H,9,12H2,1H3,(H,18,19). The number of carboxylic acid groups (broad SMARTS) is 1. The monoisotopic (exact) mass is 318 g/mol. The molecule has 0 saturated heterocycles. The van der Waals surface area contributed by atoms with E-state index in [-0.39, 0.29) is 6.42 Å². The predicted octanol–water partition coefficient (Wildman–Crippen LogP) is 2.78. The van der Waals surface area contributed by atoms with Gasteiger partial charge in [-0.1, -0.05) is 54.6 Å². The molecule has 1 unspecified atom stereocenters. The van der Waals surface area contributed by atoms with Gasteiger partial charge in [-0.25, -0.2) is 8.42 Å². The van der Waals surface area contributed by atoms with Gasteiger partial charge in [0.25, 0.3) is 0 Å². The maximum atomic E-state index is 11.5. The minimum Gasteiger partial charge on any atom is -0.480 e. The number of carboxylic acids is 1. The van der Waals surface area contributed by atoms with Gasteiger partial charge in [-0.05, 0) is 29.5 Å². The topological polar surface area (TPSA) is 71.4 Å². The highest BCUT2D eigenvalue weighted by Crippen LogP contribution is 2.20. The molecule has 0 aliphatic rings. The second kappa shape index (κ2) is 6.75. The fraction of sp³-hybridized carbons (Fsp3) is 0.235. The second-order valence-electron chi connectivity index (χ2n) is 5.26. The van der Waals surface area contributed by atoms with Gasteiger partial charge in [0.05, 0.1) is 0 Å². The molecule has 116 valence electrons. The van der Waals surface area contributed by atoms with Gasteiger partial charge in [0.1, 0.15) is 0 Å². The van der Waals surface area contributed by atoms with Crippen LogP contribution in [-0.4, -0.2) is 31.0 Å². The zero-order valence-electron chi connectivity index (χ0n) is 12.3. The summed E-state index contributed by atoms with van der Waals surface area (Å²) in [6.45, 7) is 0. The molecular weight excluding hydrogens is 300 g/mol. The lowest BCUT2D eigenvalue weighted by atomic mass is 10.0. The Morgan fingerprint density at radius 1 is 1.00 bits per heavy atom. The van der Waals surface area contributed by atoms with Crippen LogP contribution in [0.4, 0.5) is 0 Å². The first-order chi connectivity index (χ1) is 10.4. The average Bonchev–Trinajstić information content (AvgIpc) is 2.47. The number of benzene rings is 2. The average molecular weight is 318 g/mol. The normalized spacial score (nSPS) is 12.8. The minimum atomic E-state index is -3.59. The Kier molecular flexibility index (Phi) is 4.98. The number of aliphatic carboxylic acids is 1. The molecule has 0 bridgehead atoms. The Bertz CT molecular complexity index is 734. The fourth-order valence-electron chi connectivity index (χ4n) is 2.31. The Balaban J connectivity index is 2.07. The zero-order chi connectivity index (χ0) is 16.2. The highest BCUT2D eigenvalue weighted by Gasteiger charge is 2.27. The van der Waals surface area contributed by atoms with E-state index in [9.17, 15) is 13.2 Å². The summed E-state index contributed by atoms with van der Waals surface area (Å²) in [4.78, 5) is 11.0. The van der Waals surface area contributed by atoms with Crippen LogP contribution in [0.1, 0.15) is 12.0 Å². The highest BCUT2D eigenvalue weighted by atomic mass is 32.2. The molecule has 2 rings (SSSR count). The lowest BCUT2D eigenvalue weighted by molar-refractivity contribution is -0.136. The van der Waals surface area contributed by atoms with Gasteiger partial charge in [0, 0.05) is 6.26 Å². The molecule has 0 aromatic heterocycles. The Morgan fingerprint density at radius 2 is 1.55 bits per heavy atom. The maximum absolute atomic E-state index is 11.5. The van der Waals surface area contributed by atoms with Crippen molar-refractivity contribution in [3.8, 4) is 11.1 Å². The van der Waals surface area contributed by atoms with E-state index in [1.54, 1.807) is 0 Å². The molecule has 0 aliphatic heterocycles. The number of hydrogen-bond acceptors (Lipinski definition) is 3. The summed E-state index contributed by atoms with van der Waals surface area (Å²) in [5.74, 6) is -1.29. The lowest BCUT2D eigenvalue weighted by Gasteiger charge is -2.10. The van der Waals surface area contributed by atoms with Crippen LogP contribution in [-0.2, 0) is 21.1 Å². The van der Waals surface area contributed by atoms with Crippen molar-refractivity contribution in [2.45, 2.75) is 18.1 Å². The molecule has 1 N–H and O–H groups in total. The van der Waals surface area contributed by atoms with Crippen LogP contribution >= 0.6 is 0 Å². The Morgan fingerprint density at radius 3 is 2.05 bits per heavy atom. The SMILES string of the molecule is CS(=O)(=O)C(CCc1ccc(-c2ccccc2)cc1)C(=O)O. The van der Waals surface area contributed by atoms with E-state index in [1.165, 1.54) is 0 Å². The largest absolute Gasteiger partial charge is 0.480 e. The third-order valence-electron chi connectivity index (χ3n) is 3.55. The molecule has 22 heavy (non-hydrogen) atoms. The van der Waals surface area contributed by atoms with Crippen LogP contribution in [0, 0.1) is 0 Å². The summed E-state index contributed by atoms with van der Waals surface area (Å²) in [6.07, 6.45) is 1.46. The minimum absolute atomic E-state index is 0.0822. The van der Waals surface area contributed by atoms with E-state index in [0.29, 0.717) is 6.42 Å². The Hall–Kier alpha value is -2.14. The quantitative estimate of drug-likeness (QED) is 0.889. The summed E-state index contributed by atoms with van der Waals surface area (Å²) in [6, 6.07) is 17.6. The molecule has 0 amide bonds. The summed E-state index contributed by atoms with van der Waals surface area (Å²) < 4.78 is 22.9. The van der Waals surface area contributed by atoms with E-state index < -0.39 is 21.1 Å². The van der Waals surface area contributed by atoms with E-state index >= 15 is 0 Å². The van der Waals surface area contributed by atoms with Gasteiger partial charge in [-0.2, -0.15) is 0 Å². The fourth-order valence-corrected chi connectivity index (χ4v) is 3.23. The van der Waals surface area contributed by atoms with Crippen LogP contribution in [0.5, 0.6) is 0 Å². The Labute approximate surface area is 130 Å². The third-order valence-corrected chi connectivity index (χ3v) is 5.02. The molecule has 0 fully saturated rings. The first kappa shape index (κ1) is 16.2. The van der Waals surface area contributed by atoms with Crippen LogP contribution in [0.2, 0.25) is 0 Å². The van der Waals surface area contributed by atoms with E-state index in [1.807, 2.05) is 54.6 Å². The summed E-state index contributed by atoms with van der Waals surface area (Å²) in [5.41, 5.74) is 3.10. The molecule has 0 radical (unpaired) electrons. The van der Waals surface area contributed by atoms with Crippen molar-refractivity contribution in [3.05, 3.63) is 60.2 Å². The van der Waals surface area contributed by atoms with Crippen molar-refractivity contribution in [2.75, 3.05) is 6.26 Å². The third kappa shape index (κ3) is 4.18. The summed E-state index contributed by atoms with van der Waals surface area (Å²) in [7, 11) is -3.59. The first-order valence-corrected chi connectivity index (χ1v) is 8.89. The number of rotatable bonds is 6. The first-order valence-electron chi connectivity index (χ1n) is 6.94. The van der Waals surface area contributed by atoms with Gasteiger partial charge >= 0.3 is 5.97 Å². The van der Waals surface area contributed by atoms with E-state index in [4.69, 9.17) is 5.11 Å². The van der Waals surface area contributed by atoms with Gasteiger partial charge < -0.3 is 5.11 Å². The molecule has 0 aliphatic carbocycles. The van der Waals surface area contributed by atoms with Crippen LogP contribution in [0.3, 0.4) is 0 Å². The highest BCUT2D eigenvalue weighted by molar-refractivity contribution is 7.92. The summed E-state index contributed by atoms with van der Waals surface area (Å²) in [5, 5.41) is 7.65. The number of sulfone groups is 1. The molecule has 0 spiro atoms. The molecule has 5 heteroatoms.